The number of hydrogen-bond donors (Lipinski definition) is 2. The Morgan fingerprint density at radius 3 is 2.67 bits per heavy atom. The average molecular weight is 297 g/mol. The maximum Gasteiger partial charge on any atom is 0.323 e. The van der Waals surface area contributed by atoms with Crippen LogP contribution >= 0.6 is 0 Å². The lowest BCUT2D eigenvalue weighted by Gasteiger charge is -2.31. The Hall–Kier alpha value is -0.610. The van der Waals surface area contributed by atoms with Gasteiger partial charge in [-0.2, -0.15) is 0 Å². The first kappa shape index (κ1) is 16.8. The van der Waals surface area contributed by atoms with Crippen molar-refractivity contribution in [2.75, 3.05) is 6.61 Å². The van der Waals surface area contributed by atoms with Gasteiger partial charge >= 0.3 is 5.97 Å². The number of carbonyl (C=O) groups is 1. The fourth-order valence-electron chi connectivity index (χ4n) is 3.44. The van der Waals surface area contributed by atoms with Gasteiger partial charge in [-0.1, -0.05) is 26.7 Å². The molecule has 4 nitrogen and oxygen atoms in total. The van der Waals surface area contributed by atoms with Gasteiger partial charge in [-0.05, 0) is 50.9 Å². The van der Waals surface area contributed by atoms with Crippen LogP contribution in [0.25, 0.3) is 0 Å². The second kappa shape index (κ2) is 7.59. The van der Waals surface area contributed by atoms with E-state index < -0.39 is 11.5 Å². The van der Waals surface area contributed by atoms with Crippen molar-refractivity contribution in [2.24, 2.45) is 5.92 Å². The molecule has 3 atom stereocenters. The second-order valence-corrected chi connectivity index (χ2v) is 7.03. The zero-order valence-corrected chi connectivity index (χ0v) is 13.6. The molecule has 4 heteroatoms. The molecule has 2 rings (SSSR count). The second-order valence-electron chi connectivity index (χ2n) is 7.03. The first-order valence-electron chi connectivity index (χ1n) is 8.68. The van der Waals surface area contributed by atoms with Crippen LogP contribution in [0.5, 0.6) is 0 Å². The van der Waals surface area contributed by atoms with Crippen LogP contribution in [0.4, 0.5) is 0 Å². The molecule has 2 aliphatic carbocycles. The highest BCUT2D eigenvalue weighted by Crippen LogP contribution is 2.28. The molecule has 0 heterocycles. The van der Waals surface area contributed by atoms with Gasteiger partial charge in [0, 0.05) is 12.6 Å². The van der Waals surface area contributed by atoms with Crippen LogP contribution in [-0.4, -0.2) is 35.4 Å². The van der Waals surface area contributed by atoms with Crippen LogP contribution in [0.2, 0.25) is 0 Å². The van der Waals surface area contributed by atoms with Crippen LogP contribution in [0, 0.1) is 5.92 Å². The number of carboxylic acids is 1. The summed E-state index contributed by atoms with van der Waals surface area (Å²) < 4.78 is 5.97. The molecular weight excluding hydrogens is 266 g/mol. The molecule has 21 heavy (non-hydrogen) atoms. The fourth-order valence-corrected chi connectivity index (χ4v) is 3.44. The molecule has 0 spiro atoms. The van der Waals surface area contributed by atoms with Gasteiger partial charge in [-0.3, -0.25) is 10.1 Å². The summed E-state index contributed by atoms with van der Waals surface area (Å²) in [7, 11) is 0. The Morgan fingerprint density at radius 1 is 1.33 bits per heavy atom. The van der Waals surface area contributed by atoms with E-state index >= 15 is 0 Å². The molecular formula is C17H31NO3. The van der Waals surface area contributed by atoms with Crippen molar-refractivity contribution in [1.82, 2.24) is 5.32 Å². The van der Waals surface area contributed by atoms with Crippen molar-refractivity contribution in [3.05, 3.63) is 0 Å². The smallest absolute Gasteiger partial charge is 0.323 e. The quantitative estimate of drug-likeness (QED) is 0.641. The molecule has 0 amide bonds. The van der Waals surface area contributed by atoms with E-state index in [1.54, 1.807) is 0 Å². The summed E-state index contributed by atoms with van der Waals surface area (Å²) in [6.07, 6.45) is 9.68. The molecule has 0 aliphatic heterocycles. The van der Waals surface area contributed by atoms with Crippen molar-refractivity contribution >= 4 is 5.97 Å². The van der Waals surface area contributed by atoms with Crippen molar-refractivity contribution in [3.8, 4) is 0 Å². The first-order valence-corrected chi connectivity index (χ1v) is 8.68. The Bertz CT molecular complexity index is 343. The normalized spacial score (nSPS) is 29.0. The van der Waals surface area contributed by atoms with Crippen molar-refractivity contribution in [3.63, 3.8) is 0 Å². The van der Waals surface area contributed by atoms with Gasteiger partial charge < -0.3 is 9.84 Å². The predicted molar refractivity (Wildman–Crippen MR) is 83.4 cm³/mol. The van der Waals surface area contributed by atoms with Gasteiger partial charge in [0.05, 0.1) is 6.10 Å². The van der Waals surface area contributed by atoms with Gasteiger partial charge in [0.1, 0.15) is 5.54 Å². The van der Waals surface area contributed by atoms with Crippen molar-refractivity contribution in [2.45, 2.75) is 89.3 Å². The van der Waals surface area contributed by atoms with Crippen molar-refractivity contribution < 1.29 is 14.6 Å². The number of nitrogens with one attached hydrogen (secondary N) is 1. The third kappa shape index (κ3) is 4.96. The fraction of sp³-hybridized carbons (Fsp3) is 0.941. The molecule has 2 aliphatic rings. The van der Waals surface area contributed by atoms with Crippen LogP contribution in [0.3, 0.4) is 0 Å². The zero-order valence-electron chi connectivity index (χ0n) is 13.6. The molecule has 2 saturated carbocycles. The molecule has 0 aromatic heterocycles. The van der Waals surface area contributed by atoms with Gasteiger partial charge in [0.25, 0.3) is 0 Å². The predicted octanol–water partition coefficient (Wildman–Crippen LogP) is 3.35. The third-order valence-electron chi connectivity index (χ3n) is 5.06. The molecule has 0 bridgehead atoms. The number of aliphatic carboxylic acids is 1. The van der Waals surface area contributed by atoms with Gasteiger partial charge in [-0.25, -0.2) is 0 Å². The molecule has 0 aromatic rings. The molecule has 122 valence electrons. The highest BCUT2D eigenvalue weighted by molar-refractivity contribution is 5.78. The van der Waals surface area contributed by atoms with E-state index in [4.69, 9.17) is 4.74 Å². The van der Waals surface area contributed by atoms with Crippen LogP contribution in [0.15, 0.2) is 0 Å². The summed E-state index contributed by atoms with van der Waals surface area (Å²) in [4.78, 5) is 11.7. The highest BCUT2D eigenvalue weighted by atomic mass is 16.5. The lowest BCUT2D eigenvalue weighted by atomic mass is 9.88. The molecule has 3 unspecified atom stereocenters. The first-order chi connectivity index (χ1) is 10.1. The largest absolute Gasteiger partial charge is 0.480 e. The Kier molecular flexibility index (Phi) is 6.06. The summed E-state index contributed by atoms with van der Waals surface area (Å²) in [5.41, 5.74) is -0.746. The van der Waals surface area contributed by atoms with E-state index in [1.165, 1.54) is 19.3 Å². The maximum atomic E-state index is 11.7. The Labute approximate surface area is 128 Å². The molecule has 2 fully saturated rings. The number of rotatable bonds is 9. The van der Waals surface area contributed by atoms with E-state index in [1.807, 2.05) is 6.92 Å². The topological polar surface area (TPSA) is 58.6 Å². The Balaban J connectivity index is 1.72. The SMILES string of the molecule is CCC(CCCOC1CCCC(C)C1)(NC1CC1)C(=O)O. The van der Waals surface area contributed by atoms with Gasteiger partial charge in [-0.15, -0.1) is 0 Å². The zero-order chi connectivity index (χ0) is 15.3. The lowest BCUT2D eigenvalue weighted by Crippen LogP contribution is -2.52. The molecule has 0 radical (unpaired) electrons. The maximum absolute atomic E-state index is 11.7. The molecule has 0 aromatic carbocycles. The van der Waals surface area contributed by atoms with E-state index in [-0.39, 0.29) is 0 Å². The lowest BCUT2D eigenvalue weighted by molar-refractivity contribution is -0.145. The van der Waals surface area contributed by atoms with Gasteiger partial charge in [0.15, 0.2) is 0 Å². The van der Waals surface area contributed by atoms with Crippen LogP contribution in [-0.2, 0) is 9.53 Å². The molecule has 0 saturated heterocycles. The number of ether oxygens (including phenoxy) is 1. The van der Waals surface area contributed by atoms with E-state index in [0.717, 1.165) is 31.6 Å². The summed E-state index contributed by atoms with van der Waals surface area (Å²) in [5.74, 6) is 0.0669. The summed E-state index contributed by atoms with van der Waals surface area (Å²) in [5, 5.41) is 12.9. The van der Waals surface area contributed by atoms with Crippen molar-refractivity contribution in [1.29, 1.82) is 0 Å². The standard InChI is InChI=1S/C17H31NO3/c1-3-17(16(19)20,18-14-8-9-14)10-5-11-21-15-7-4-6-13(2)12-15/h13-15,18H,3-12H2,1-2H3,(H,19,20). The van der Waals surface area contributed by atoms with E-state index in [9.17, 15) is 9.90 Å². The van der Waals surface area contributed by atoms with Crippen LogP contribution < -0.4 is 5.32 Å². The minimum atomic E-state index is -0.746. The van der Waals surface area contributed by atoms with Gasteiger partial charge in [0.2, 0.25) is 0 Å². The third-order valence-corrected chi connectivity index (χ3v) is 5.06. The monoisotopic (exact) mass is 297 g/mol. The van der Waals surface area contributed by atoms with E-state index in [0.29, 0.717) is 31.6 Å². The summed E-state index contributed by atoms with van der Waals surface area (Å²) in [6.45, 7) is 4.95. The number of carboxylic acid groups (broad SMARTS) is 1. The minimum Gasteiger partial charge on any atom is -0.480 e. The number of hydrogen-bond acceptors (Lipinski definition) is 3. The van der Waals surface area contributed by atoms with E-state index in [2.05, 4.69) is 12.2 Å². The summed E-state index contributed by atoms with van der Waals surface area (Å²) >= 11 is 0. The Morgan fingerprint density at radius 2 is 2.10 bits per heavy atom. The highest BCUT2D eigenvalue weighted by Gasteiger charge is 2.40. The average Bonchev–Trinajstić information content (AvgIpc) is 3.26. The minimum absolute atomic E-state index is 0.394. The summed E-state index contributed by atoms with van der Waals surface area (Å²) in [6, 6.07) is 0.418. The van der Waals surface area contributed by atoms with Crippen LogP contribution in [0.1, 0.15) is 71.6 Å². The molecule has 2 N–H and O–H groups in total.